The maximum absolute atomic E-state index is 13.2. The molecule has 31 heavy (non-hydrogen) atoms. The zero-order valence-electron chi connectivity index (χ0n) is 16.7. The molecule has 0 unspecified atom stereocenters. The Kier molecular flexibility index (Phi) is 5.03. The third kappa shape index (κ3) is 3.72. The number of carbonyl (C=O) groups is 2. The van der Waals surface area contributed by atoms with Gasteiger partial charge in [0.05, 0.1) is 5.00 Å². The number of aromatic amines is 1. The van der Waals surface area contributed by atoms with E-state index in [-0.39, 0.29) is 17.5 Å². The van der Waals surface area contributed by atoms with Crippen LogP contribution in [0.4, 0.5) is 9.39 Å². The molecule has 3 heterocycles. The van der Waals surface area contributed by atoms with Gasteiger partial charge in [-0.1, -0.05) is 0 Å². The Hall–Kier alpha value is -3.45. The molecule has 5 nitrogen and oxygen atoms in total. The fourth-order valence-electron chi connectivity index (χ4n) is 3.96. The van der Waals surface area contributed by atoms with Gasteiger partial charge >= 0.3 is 0 Å². The number of fused-ring (bicyclic) bond motifs is 1. The fourth-order valence-corrected chi connectivity index (χ4v) is 4.75. The molecule has 1 amide bonds. The van der Waals surface area contributed by atoms with Gasteiger partial charge in [0, 0.05) is 60.0 Å². The molecular formula is C24H20FN3O2S. The Labute approximate surface area is 182 Å². The third-order valence-corrected chi connectivity index (χ3v) is 6.59. The molecule has 2 aromatic carbocycles. The lowest BCUT2D eigenvalue weighted by Crippen LogP contribution is -2.48. The molecule has 1 N–H and O–H groups in total. The highest BCUT2D eigenvalue weighted by Gasteiger charge is 2.24. The number of piperazine rings is 1. The number of aromatic nitrogens is 1. The Morgan fingerprint density at radius 1 is 0.935 bits per heavy atom. The van der Waals surface area contributed by atoms with Gasteiger partial charge in [0.2, 0.25) is 0 Å². The Balaban J connectivity index is 1.37. The van der Waals surface area contributed by atoms with E-state index in [1.165, 1.54) is 29.3 Å². The Morgan fingerprint density at radius 3 is 2.39 bits per heavy atom. The SMILES string of the molecule is O=C(c1ccc(F)cc1)c1c[nH]c2ccc(C(=O)N3CCN(c4cccs4)CC3)cc12. The molecule has 0 radical (unpaired) electrons. The molecule has 5 rings (SSSR count). The number of anilines is 1. The summed E-state index contributed by atoms with van der Waals surface area (Å²) in [5.41, 5.74) is 2.22. The monoisotopic (exact) mass is 433 g/mol. The van der Waals surface area contributed by atoms with Crippen LogP contribution in [0.2, 0.25) is 0 Å². The van der Waals surface area contributed by atoms with E-state index < -0.39 is 0 Å². The smallest absolute Gasteiger partial charge is 0.253 e. The molecule has 2 aromatic heterocycles. The van der Waals surface area contributed by atoms with Gasteiger partial charge in [0.15, 0.2) is 5.78 Å². The molecule has 4 aromatic rings. The van der Waals surface area contributed by atoms with Crippen molar-refractivity contribution in [2.75, 3.05) is 31.1 Å². The molecule has 1 aliphatic heterocycles. The van der Waals surface area contributed by atoms with Crippen molar-refractivity contribution in [3.05, 3.63) is 88.7 Å². The van der Waals surface area contributed by atoms with Crippen LogP contribution < -0.4 is 4.90 Å². The lowest BCUT2D eigenvalue weighted by Gasteiger charge is -2.35. The van der Waals surface area contributed by atoms with Crippen molar-refractivity contribution in [3.8, 4) is 0 Å². The maximum Gasteiger partial charge on any atom is 0.253 e. The van der Waals surface area contributed by atoms with Crippen LogP contribution in [0, 0.1) is 5.82 Å². The second kappa shape index (κ2) is 8.00. The summed E-state index contributed by atoms with van der Waals surface area (Å²) < 4.78 is 13.2. The molecule has 0 aliphatic carbocycles. The van der Waals surface area contributed by atoms with E-state index in [4.69, 9.17) is 0 Å². The summed E-state index contributed by atoms with van der Waals surface area (Å²) in [6.07, 6.45) is 1.64. The van der Waals surface area contributed by atoms with Crippen LogP contribution in [0.5, 0.6) is 0 Å². The van der Waals surface area contributed by atoms with Crippen molar-refractivity contribution in [2.24, 2.45) is 0 Å². The van der Waals surface area contributed by atoms with Gasteiger partial charge in [-0.2, -0.15) is 0 Å². The number of carbonyl (C=O) groups excluding carboxylic acids is 2. The minimum absolute atomic E-state index is 0.0332. The molecule has 0 spiro atoms. The van der Waals surface area contributed by atoms with Crippen molar-refractivity contribution in [1.82, 2.24) is 9.88 Å². The van der Waals surface area contributed by atoms with Crippen LogP contribution in [0.3, 0.4) is 0 Å². The van der Waals surface area contributed by atoms with Crippen molar-refractivity contribution < 1.29 is 14.0 Å². The zero-order chi connectivity index (χ0) is 21.4. The van der Waals surface area contributed by atoms with Gasteiger partial charge in [-0.3, -0.25) is 9.59 Å². The summed E-state index contributed by atoms with van der Waals surface area (Å²) in [6.45, 7) is 2.91. The summed E-state index contributed by atoms with van der Waals surface area (Å²) in [6, 6.07) is 15.0. The molecule has 7 heteroatoms. The van der Waals surface area contributed by atoms with Gasteiger partial charge in [0.1, 0.15) is 5.82 Å². The summed E-state index contributed by atoms with van der Waals surface area (Å²) in [7, 11) is 0. The molecule has 0 atom stereocenters. The van der Waals surface area contributed by atoms with E-state index in [1.807, 2.05) is 17.0 Å². The van der Waals surface area contributed by atoms with Crippen LogP contribution in [0.1, 0.15) is 26.3 Å². The first-order valence-electron chi connectivity index (χ1n) is 10.1. The number of H-pyrrole nitrogens is 1. The molecule has 0 saturated carbocycles. The second-order valence-corrected chi connectivity index (χ2v) is 8.46. The van der Waals surface area contributed by atoms with Gasteiger partial charge in [0.25, 0.3) is 5.91 Å². The number of benzene rings is 2. The van der Waals surface area contributed by atoms with Crippen LogP contribution in [-0.4, -0.2) is 47.8 Å². The first-order valence-corrected chi connectivity index (χ1v) is 11.0. The Bertz CT molecular complexity index is 1240. The van der Waals surface area contributed by atoms with E-state index in [0.29, 0.717) is 35.2 Å². The predicted molar refractivity (Wildman–Crippen MR) is 121 cm³/mol. The highest BCUT2D eigenvalue weighted by atomic mass is 32.1. The predicted octanol–water partition coefficient (Wildman–Crippen LogP) is 4.56. The zero-order valence-corrected chi connectivity index (χ0v) is 17.5. The third-order valence-electron chi connectivity index (χ3n) is 5.66. The van der Waals surface area contributed by atoms with E-state index in [9.17, 15) is 14.0 Å². The number of nitrogens with zero attached hydrogens (tertiary/aromatic N) is 2. The number of thiophene rings is 1. The lowest BCUT2D eigenvalue weighted by atomic mass is 10.0. The van der Waals surface area contributed by atoms with Crippen molar-refractivity contribution in [2.45, 2.75) is 0 Å². The number of hydrogen-bond acceptors (Lipinski definition) is 4. The van der Waals surface area contributed by atoms with E-state index >= 15 is 0 Å². The minimum atomic E-state index is -0.387. The fraction of sp³-hybridized carbons (Fsp3) is 0.167. The lowest BCUT2D eigenvalue weighted by molar-refractivity contribution is 0.0747. The van der Waals surface area contributed by atoms with Gasteiger partial charge in [-0.15, -0.1) is 11.3 Å². The number of nitrogens with one attached hydrogen (secondary N) is 1. The number of amides is 1. The minimum Gasteiger partial charge on any atom is -0.360 e. The van der Waals surface area contributed by atoms with Crippen molar-refractivity contribution >= 4 is 38.9 Å². The van der Waals surface area contributed by atoms with Crippen LogP contribution in [-0.2, 0) is 0 Å². The average molecular weight is 434 g/mol. The molecule has 0 bridgehead atoms. The number of ketones is 1. The quantitative estimate of drug-likeness (QED) is 0.480. The summed E-state index contributed by atoms with van der Waals surface area (Å²) in [5.74, 6) is -0.628. The van der Waals surface area contributed by atoms with Crippen LogP contribution in [0.15, 0.2) is 66.2 Å². The van der Waals surface area contributed by atoms with Gasteiger partial charge in [-0.25, -0.2) is 4.39 Å². The average Bonchev–Trinajstić information content (AvgIpc) is 3.49. The topological polar surface area (TPSA) is 56.4 Å². The van der Waals surface area contributed by atoms with Crippen molar-refractivity contribution in [1.29, 1.82) is 0 Å². The molecule has 156 valence electrons. The second-order valence-electron chi connectivity index (χ2n) is 7.53. The van der Waals surface area contributed by atoms with Gasteiger partial charge in [-0.05, 0) is 60.0 Å². The number of hydrogen-bond donors (Lipinski definition) is 1. The summed E-state index contributed by atoms with van der Waals surface area (Å²) >= 11 is 1.71. The standard InChI is InChI=1S/C24H20FN3O2S/c25-18-6-3-16(4-7-18)23(29)20-15-26-21-8-5-17(14-19(20)21)24(30)28-11-9-27(10-12-28)22-2-1-13-31-22/h1-8,13-15,26H,9-12H2. The van der Waals surface area contributed by atoms with Crippen molar-refractivity contribution in [3.63, 3.8) is 0 Å². The highest BCUT2D eigenvalue weighted by molar-refractivity contribution is 7.14. The Morgan fingerprint density at radius 2 is 1.68 bits per heavy atom. The summed E-state index contributed by atoms with van der Waals surface area (Å²) in [5, 5.41) is 3.98. The van der Waals surface area contributed by atoms with Crippen LogP contribution in [0.25, 0.3) is 10.9 Å². The van der Waals surface area contributed by atoms with Crippen LogP contribution >= 0.6 is 11.3 Å². The first kappa shape index (κ1) is 19.5. The molecule has 1 saturated heterocycles. The molecule has 1 aliphatic rings. The molecular weight excluding hydrogens is 413 g/mol. The van der Waals surface area contributed by atoms with E-state index in [1.54, 1.807) is 29.7 Å². The maximum atomic E-state index is 13.2. The van der Waals surface area contributed by atoms with Gasteiger partial charge < -0.3 is 14.8 Å². The first-order chi connectivity index (χ1) is 15.1. The summed E-state index contributed by atoms with van der Waals surface area (Å²) in [4.78, 5) is 33.3. The molecule has 1 fully saturated rings. The highest BCUT2D eigenvalue weighted by Crippen LogP contribution is 2.25. The largest absolute Gasteiger partial charge is 0.360 e. The van der Waals surface area contributed by atoms with E-state index in [2.05, 4.69) is 21.3 Å². The normalized spacial score (nSPS) is 14.2. The number of halogens is 1. The van der Waals surface area contributed by atoms with E-state index in [0.717, 1.165) is 18.6 Å². The number of rotatable bonds is 4.